The second-order valence-electron chi connectivity index (χ2n) is 7.28. The van der Waals surface area contributed by atoms with E-state index in [2.05, 4.69) is 47.3 Å². The lowest BCUT2D eigenvalue weighted by Gasteiger charge is -2.16. The van der Waals surface area contributed by atoms with E-state index < -0.39 is 0 Å². The third-order valence-corrected chi connectivity index (χ3v) is 4.95. The van der Waals surface area contributed by atoms with Gasteiger partial charge in [-0.15, -0.1) is 0 Å². The van der Waals surface area contributed by atoms with Crippen LogP contribution >= 0.6 is 28.1 Å². The van der Waals surface area contributed by atoms with E-state index in [4.69, 9.17) is 21.7 Å². The molecule has 1 amide bonds. The Kier molecular flexibility index (Phi) is 10.1. The summed E-state index contributed by atoms with van der Waals surface area (Å²) in [6.45, 7) is 7.55. The fraction of sp³-hybridized carbons (Fsp3) is 0.391. The molecule has 0 heterocycles. The van der Waals surface area contributed by atoms with Gasteiger partial charge in [0, 0.05) is 4.47 Å². The molecule has 0 aliphatic rings. The highest BCUT2D eigenvalue weighted by atomic mass is 79.9. The predicted molar refractivity (Wildman–Crippen MR) is 130 cm³/mol. The number of anilines is 1. The molecular formula is C23H29BrN2O3S. The number of carbonyl (C=O) groups excluding carboxylic acids is 1. The monoisotopic (exact) mass is 492 g/mol. The summed E-state index contributed by atoms with van der Waals surface area (Å²) < 4.78 is 12.4. The summed E-state index contributed by atoms with van der Waals surface area (Å²) in [5, 5.41) is 5.98. The first-order chi connectivity index (χ1) is 14.4. The molecule has 0 atom stereocenters. The zero-order valence-electron chi connectivity index (χ0n) is 17.7. The Balaban J connectivity index is 2.04. The van der Waals surface area contributed by atoms with Gasteiger partial charge >= 0.3 is 0 Å². The molecular weight excluding hydrogens is 464 g/mol. The van der Waals surface area contributed by atoms with E-state index in [1.165, 1.54) is 0 Å². The van der Waals surface area contributed by atoms with Crippen molar-refractivity contribution in [1.82, 2.24) is 5.32 Å². The molecule has 2 N–H and O–H groups in total. The van der Waals surface area contributed by atoms with Gasteiger partial charge in [-0.25, -0.2) is 0 Å². The highest BCUT2D eigenvalue weighted by molar-refractivity contribution is 9.10. The molecule has 0 bridgehead atoms. The molecule has 0 fully saturated rings. The number of carbonyl (C=O) groups is 1. The Morgan fingerprint density at radius 3 is 2.57 bits per heavy atom. The average molecular weight is 493 g/mol. The molecule has 30 heavy (non-hydrogen) atoms. The molecule has 5 nitrogen and oxygen atoms in total. The lowest BCUT2D eigenvalue weighted by molar-refractivity contribution is 0.0973. The molecule has 0 unspecified atom stereocenters. The topological polar surface area (TPSA) is 59.6 Å². The molecule has 7 heteroatoms. The minimum Gasteiger partial charge on any atom is -0.493 e. The van der Waals surface area contributed by atoms with Crippen molar-refractivity contribution in [3.63, 3.8) is 0 Å². The van der Waals surface area contributed by atoms with E-state index in [1.807, 2.05) is 30.3 Å². The average Bonchev–Trinajstić information content (AvgIpc) is 2.70. The van der Waals surface area contributed by atoms with E-state index in [0.717, 1.165) is 23.7 Å². The largest absolute Gasteiger partial charge is 0.493 e. The third-order valence-electron chi connectivity index (χ3n) is 4.26. The fourth-order valence-corrected chi connectivity index (χ4v) is 3.12. The zero-order chi connectivity index (χ0) is 21.9. The van der Waals surface area contributed by atoms with E-state index in [1.54, 1.807) is 12.1 Å². The van der Waals surface area contributed by atoms with Crippen molar-refractivity contribution in [1.29, 1.82) is 0 Å². The maximum absolute atomic E-state index is 12.8. The number of hydrogen-bond acceptors (Lipinski definition) is 4. The van der Waals surface area contributed by atoms with Crippen LogP contribution in [-0.2, 0) is 0 Å². The maximum Gasteiger partial charge on any atom is 0.261 e. The number of hydrogen-bond donors (Lipinski definition) is 2. The first kappa shape index (κ1) is 24.2. The van der Waals surface area contributed by atoms with Gasteiger partial charge in [-0.05, 0) is 61.3 Å². The highest BCUT2D eigenvalue weighted by Gasteiger charge is 2.16. The van der Waals surface area contributed by atoms with Crippen molar-refractivity contribution < 1.29 is 14.3 Å². The Bertz CT molecular complexity index is 858. The molecule has 0 aliphatic heterocycles. The maximum atomic E-state index is 12.8. The van der Waals surface area contributed by atoms with E-state index >= 15 is 0 Å². The van der Waals surface area contributed by atoms with E-state index in [0.29, 0.717) is 41.9 Å². The van der Waals surface area contributed by atoms with Gasteiger partial charge in [0.2, 0.25) is 0 Å². The molecule has 2 aromatic rings. The molecule has 0 spiro atoms. The second-order valence-corrected chi connectivity index (χ2v) is 8.60. The minimum atomic E-state index is -0.335. The fourth-order valence-electron chi connectivity index (χ4n) is 2.56. The standard InChI is InChI=1S/C23H29BrN2O3S/c1-4-5-13-28-21-9-7-6-8-19(21)25-23(30)26-22(27)18-15-17(24)10-11-20(18)29-14-12-16(2)3/h6-11,15-16H,4-5,12-14H2,1-3H3,(H2,25,26,27,30). The van der Waals surface area contributed by atoms with Crippen LogP contribution in [0.15, 0.2) is 46.9 Å². The van der Waals surface area contributed by atoms with Gasteiger partial charge in [0.15, 0.2) is 5.11 Å². The molecule has 2 rings (SSSR count). The van der Waals surface area contributed by atoms with Crippen molar-refractivity contribution >= 4 is 44.9 Å². The van der Waals surface area contributed by atoms with Crippen LogP contribution in [0.4, 0.5) is 5.69 Å². The van der Waals surface area contributed by atoms with Crippen LogP contribution in [0.2, 0.25) is 0 Å². The van der Waals surface area contributed by atoms with Crippen molar-refractivity contribution in [2.45, 2.75) is 40.0 Å². The number of halogens is 1. The number of unbranched alkanes of at least 4 members (excludes halogenated alkanes) is 1. The van der Waals surface area contributed by atoms with Gasteiger partial charge in [0.05, 0.1) is 24.5 Å². The number of thiocarbonyl (C=S) groups is 1. The lowest BCUT2D eigenvalue weighted by Crippen LogP contribution is -2.34. The van der Waals surface area contributed by atoms with E-state index in [-0.39, 0.29) is 11.0 Å². The van der Waals surface area contributed by atoms with Crippen LogP contribution in [0.25, 0.3) is 0 Å². The zero-order valence-corrected chi connectivity index (χ0v) is 20.1. The Hall–Kier alpha value is -2.12. The number of nitrogens with one attached hydrogen (secondary N) is 2. The summed E-state index contributed by atoms with van der Waals surface area (Å²) in [7, 11) is 0. The van der Waals surface area contributed by atoms with Crippen molar-refractivity contribution in [3.8, 4) is 11.5 Å². The normalized spacial score (nSPS) is 10.6. The number of rotatable bonds is 10. The van der Waals surface area contributed by atoms with Crippen LogP contribution in [0.5, 0.6) is 11.5 Å². The van der Waals surface area contributed by atoms with Gasteiger partial charge in [-0.3, -0.25) is 10.1 Å². The molecule has 0 saturated carbocycles. The molecule has 0 radical (unpaired) electrons. The van der Waals surface area contributed by atoms with Crippen LogP contribution in [-0.4, -0.2) is 24.2 Å². The van der Waals surface area contributed by atoms with Gasteiger partial charge in [-0.2, -0.15) is 0 Å². The molecule has 2 aromatic carbocycles. The summed E-state index contributed by atoms with van der Waals surface area (Å²) in [5.41, 5.74) is 1.13. The van der Waals surface area contributed by atoms with Gasteiger partial charge < -0.3 is 14.8 Å². The molecule has 162 valence electrons. The predicted octanol–water partition coefficient (Wildman–Crippen LogP) is 6.18. The summed E-state index contributed by atoms with van der Waals surface area (Å²) in [6, 6.07) is 12.9. The molecule has 0 aromatic heterocycles. The third kappa shape index (κ3) is 7.95. The van der Waals surface area contributed by atoms with Crippen LogP contribution in [0, 0.1) is 5.92 Å². The SMILES string of the molecule is CCCCOc1ccccc1NC(=S)NC(=O)c1cc(Br)ccc1OCCC(C)C. The summed E-state index contributed by atoms with van der Waals surface area (Å²) in [5.74, 6) is 1.41. The first-order valence-electron chi connectivity index (χ1n) is 10.2. The van der Waals surface area contributed by atoms with Crippen LogP contribution in [0.3, 0.4) is 0 Å². The van der Waals surface area contributed by atoms with Crippen molar-refractivity contribution in [2.75, 3.05) is 18.5 Å². The molecule has 0 saturated heterocycles. The van der Waals surface area contributed by atoms with Gasteiger partial charge in [0.1, 0.15) is 11.5 Å². The van der Waals surface area contributed by atoms with Crippen LogP contribution in [0.1, 0.15) is 50.4 Å². The van der Waals surface area contributed by atoms with Gasteiger partial charge in [-0.1, -0.05) is 55.3 Å². The summed E-state index contributed by atoms with van der Waals surface area (Å²) in [4.78, 5) is 12.8. The Morgan fingerprint density at radius 1 is 1.10 bits per heavy atom. The minimum absolute atomic E-state index is 0.194. The Morgan fingerprint density at radius 2 is 1.83 bits per heavy atom. The number of ether oxygens (including phenoxy) is 2. The lowest BCUT2D eigenvalue weighted by atomic mass is 10.1. The number of benzene rings is 2. The number of amides is 1. The second kappa shape index (κ2) is 12.5. The van der Waals surface area contributed by atoms with E-state index in [9.17, 15) is 4.79 Å². The highest BCUT2D eigenvalue weighted by Crippen LogP contribution is 2.25. The smallest absolute Gasteiger partial charge is 0.261 e. The first-order valence-corrected chi connectivity index (χ1v) is 11.4. The Labute approximate surface area is 192 Å². The van der Waals surface area contributed by atoms with Crippen molar-refractivity contribution in [3.05, 3.63) is 52.5 Å². The summed E-state index contributed by atoms with van der Waals surface area (Å²) in [6.07, 6.45) is 2.93. The summed E-state index contributed by atoms with van der Waals surface area (Å²) >= 11 is 8.77. The van der Waals surface area contributed by atoms with Gasteiger partial charge in [0.25, 0.3) is 5.91 Å². The van der Waals surface area contributed by atoms with Crippen LogP contribution < -0.4 is 20.1 Å². The molecule has 0 aliphatic carbocycles. The van der Waals surface area contributed by atoms with Crippen molar-refractivity contribution in [2.24, 2.45) is 5.92 Å². The quantitative estimate of drug-likeness (QED) is 0.306. The number of para-hydroxylation sites is 2.